The Morgan fingerprint density at radius 3 is 2.67 bits per heavy atom. The lowest BCUT2D eigenvalue weighted by molar-refractivity contribution is -0.132. The van der Waals surface area contributed by atoms with Crippen molar-refractivity contribution in [2.75, 3.05) is 19.7 Å². The Hall–Kier alpha value is -1.89. The molecule has 1 saturated carbocycles. The van der Waals surface area contributed by atoms with Crippen LogP contribution in [0.25, 0.3) is 0 Å². The highest BCUT2D eigenvalue weighted by molar-refractivity contribution is 5.92. The number of hydrogen-bond donors (Lipinski definition) is 2. The Morgan fingerprint density at radius 2 is 2.08 bits per heavy atom. The van der Waals surface area contributed by atoms with Crippen molar-refractivity contribution in [2.45, 2.75) is 51.0 Å². The van der Waals surface area contributed by atoms with Gasteiger partial charge in [0.2, 0.25) is 5.91 Å². The average molecular weight is 335 g/mol. The minimum Gasteiger partial charge on any atom is -0.394 e. The molecular weight excluding hydrogens is 310 g/mol. The molecule has 1 aromatic rings. The van der Waals surface area contributed by atoms with E-state index < -0.39 is 0 Å². The number of amides is 2. The van der Waals surface area contributed by atoms with Crippen LogP contribution < -0.4 is 5.32 Å². The van der Waals surface area contributed by atoms with Gasteiger partial charge in [0.15, 0.2) is 5.69 Å². The molecule has 24 heavy (non-hydrogen) atoms. The van der Waals surface area contributed by atoms with Gasteiger partial charge in [-0.1, -0.05) is 12.1 Å². The van der Waals surface area contributed by atoms with Crippen molar-refractivity contribution in [3.63, 3.8) is 0 Å². The van der Waals surface area contributed by atoms with Crippen LogP contribution in [0.15, 0.2) is 10.6 Å². The number of aliphatic hydroxyl groups is 1. The van der Waals surface area contributed by atoms with Crippen molar-refractivity contribution in [2.24, 2.45) is 5.92 Å². The van der Waals surface area contributed by atoms with Gasteiger partial charge >= 0.3 is 0 Å². The van der Waals surface area contributed by atoms with Gasteiger partial charge in [-0.3, -0.25) is 9.59 Å². The molecular formula is C17H25N3O4. The van der Waals surface area contributed by atoms with Crippen LogP contribution in [0.1, 0.15) is 61.2 Å². The summed E-state index contributed by atoms with van der Waals surface area (Å²) in [6.07, 6.45) is 4.25. The lowest BCUT2D eigenvalue weighted by Gasteiger charge is -2.35. The number of likely N-dealkylation sites (tertiary alicyclic amines) is 1. The maximum Gasteiger partial charge on any atom is 0.273 e. The van der Waals surface area contributed by atoms with E-state index in [9.17, 15) is 14.7 Å². The number of carbonyl (C=O) groups excluding carboxylic acids is 2. The largest absolute Gasteiger partial charge is 0.394 e. The first-order chi connectivity index (χ1) is 11.6. The molecule has 1 unspecified atom stereocenters. The van der Waals surface area contributed by atoms with E-state index in [-0.39, 0.29) is 36.1 Å². The summed E-state index contributed by atoms with van der Waals surface area (Å²) < 4.78 is 5.21. The van der Waals surface area contributed by atoms with Gasteiger partial charge < -0.3 is 19.8 Å². The minimum absolute atomic E-state index is 0.120. The molecule has 3 rings (SSSR count). The lowest BCUT2D eigenvalue weighted by atomic mass is 9.89. The molecule has 0 spiro atoms. The Balaban J connectivity index is 1.54. The third-order valence-corrected chi connectivity index (χ3v) is 5.02. The van der Waals surface area contributed by atoms with Gasteiger partial charge in [-0.2, -0.15) is 0 Å². The zero-order valence-electron chi connectivity index (χ0n) is 14.0. The number of aromatic nitrogens is 1. The summed E-state index contributed by atoms with van der Waals surface area (Å²) in [5.41, 5.74) is 0.272. The highest BCUT2D eigenvalue weighted by Gasteiger charge is 2.31. The fourth-order valence-corrected chi connectivity index (χ4v) is 3.29. The molecule has 0 bridgehead atoms. The molecule has 1 aromatic heterocycles. The molecule has 1 aliphatic carbocycles. The van der Waals surface area contributed by atoms with E-state index in [0.717, 1.165) is 31.4 Å². The molecule has 2 heterocycles. The fourth-order valence-electron chi connectivity index (χ4n) is 3.29. The normalized spacial score (nSPS) is 20.0. The Kier molecular flexibility index (Phi) is 5.18. The van der Waals surface area contributed by atoms with Crippen LogP contribution in [0, 0.1) is 5.92 Å². The van der Waals surface area contributed by atoms with E-state index in [2.05, 4.69) is 10.5 Å². The number of aliphatic hydroxyl groups excluding tert-OH is 1. The Labute approximate surface area is 141 Å². The van der Waals surface area contributed by atoms with Gasteiger partial charge in [-0.05, 0) is 31.6 Å². The summed E-state index contributed by atoms with van der Waals surface area (Å²) >= 11 is 0. The van der Waals surface area contributed by atoms with Gasteiger partial charge in [-0.25, -0.2) is 0 Å². The highest BCUT2D eigenvalue weighted by atomic mass is 16.5. The standard InChI is InChI=1S/C17H25N3O4/c1-2-16(22)20-7-5-11(6-8-20)14(10-21)18-17(23)13-9-15(24-19-13)12-3-4-12/h9,11-12,14,21H,2-8,10H2,1H3,(H,18,23). The van der Waals surface area contributed by atoms with E-state index in [4.69, 9.17) is 4.52 Å². The van der Waals surface area contributed by atoms with E-state index >= 15 is 0 Å². The smallest absolute Gasteiger partial charge is 0.273 e. The first-order valence-electron chi connectivity index (χ1n) is 8.78. The molecule has 132 valence electrons. The highest BCUT2D eigenvalue weighted by Crippen LogP contribution is 2.40. The molecule has 7 heteroatoms. The molecule has 0 aromatic carbocycles. The minimum atomic E-state index is -0.322. The topological polar surface area (TPSA) is 95.7 Å². The average Bonchev–Trinajstić information content (AvgIpc) is 3.35. The van der Waals surface area contributed by atoms with Crippen LogP contribution in [-0.4, -0.2) is 52.7 Å². The summed E-state index contributed by atoms with van der Waals surface area (Å²) in [5.74, 6) is 1.19. The SMILES string of the molecule is CCC(=O)N1CCC(C(CO)NC(=O)c2cc(C3CC3)on2)CC1. The van der Waals surface area contributed by atoms with Gasteiger partial charge in [0.05, 0.1) is 12.6 Å². The first-order valence-corrected chi connectivity index (χ1v) is 8.78. The molecule has 2 fully saturated rings. The van der Waals surface area contributed by atoms with E-state index in [1.54, 1.807) is 6.07 Å². The van der Waals surface area contributed by atoms with Crippen LogP contribution in [0.2, 0.25) is 0 Å². The molecule has 7 nitrogen and oxygen atoms in total. The molecule has 2 N–H and O–H groups in total. The second-order valence-electron chi connectivity index (χ2n) is 6.72. The quantitative estimate of drug-likeness (QED) is 0.817. The van der Waals surface area contributed by atoms with Gasteiger partial charge in [-0.15, -0.1) is 0 Å². The number of nitrogens with one attached hydrogen (secondary N) is 1. The second kappa shape index (κ2) is 7.34. The summed E-state index contributed by atoms with van der Waals surface area (Å²) in [6, 6.07) is 1.38. The first kappa shape index (κ1) is 17.0. The molecule has 2 amide bonds. The second-order valence-corrected chi connectivity index (χ2v) is 6.72. The fraction of sp³-hybridized carbons (Fsp3) is 0.706. The maximum absolute atomic E-state index is 12.3. The Bertz CT molecular complexity index is 588. The van der Waals surface area contributed by atoms with Crippen molar-refractivity contribution >= 4 is 11.8 Å². The van der Waals surface area contributed by atoms with Gasteiger partial charge in [0.1, 0.15) is 5.76 Å². The van der Waals surface area contributed by atoms with Crippen molar-refractivity contribution in [1.29, 1.82) is 0 Å². The van der Waals surface area contributed by atoms with Crippen molar-refractivity contribution < 1.29 is 19.2 Å². The van der Waals surface area contributed by atoms with E-state index in [1.165, 1.54) is 0 Å². The van der Waals surface area contributed by atoms with Crippen LogP contribution >= 0.6 is 0 Å². The molecule has 1 atom stereocenters. The third-order valence-electron chi connectivity index (χ3n) is 5.02. The van der Waals surface area contributed by atoms with Crippen LogP contribution in [0.4, 0.5) is 0 Å². The molecule has 1 saturated heterocycles. The van der Waals surface area contributed by atoms with E-state index in [0.29, 0.717) is 25.4 Å². The summed E-state index contributed by atoms with van der Waals surface area (Å²) in [6.45, 7) is 3.10. The van der Waals surface area contributed by atoms with Crippen molar-refractivity contribution in [3.05, 3.63) is 17.5 Å². The molecule has 1 aliphatic heterocycles. The number of piperidine rings is 1. The van der Waals surface area contributed by atoms with Crippen LogP contribution in [0.3, 0.4) is 0 Å². The maximum atomic E-state index is 12.3. The number of rotatable bonds is 6. The number of carbonyl (C=O) groups is 2. The lowest BCUT2D eigenvalue weighted by Crippen LogP contribution is -2.48. The third kappa shape index (κ3) is 3.77. The predicted molar refractivity (Wildman–Crippen MR) is 86.4 cm³/mol. The Morgan fingerprint density at radius 1 is 1.38 bits per heavy atom. The molecule has 0 radical (unpaired) electrons. The summed E-state index contributed by atoms with van der Waals surface area (Å²) in [5, 5.41) is 16.4. The zero-order chi connectivity index (χ0) is 17.1. The van der Waals surface area contributed by atoms with Gasteiger partial charge in [0.25, 0.3) is 5.91 Å². The van der Waals surface area contributed by atoms with Crippen LogP contribution in [0.5, 0.6) is 0 Å². The predicted octanol–water partition coefficient (Wildman–Crippen LogP) is 1.29. The molecule has 2 aliphatic rings. The van der Waals surface area contributed by atoms with E-state index in [1.807, 2.05) is 11.8 Å². The summed E-state index contributed by atoms with van der Waals surface area (Å²) in [4.78, 5) is 25.9. The zero-order valence-corrected chi connectivity index (χ0v) is 14.0. The van der Waals surface area contributed by atoms with Crippen molar-refractivity contribution in [3.8, 4) is 0 Å². The number of nitrogens with zero attached hydrogens (tertiary/aromatic N) is 2. The number of hydrogen-bond acceptors (Lipinski definition) is 5. The monoisotopic (exact) mass is 335 g/mol. The van der Waals surface area contributed by atoms with Crippen LogP contribution in [-0.2, 0) is 4.79 Å². The van der Waals surface area contributed by atoms with Gasteiger partial charge in [0, 0.05) is 31.5 Å². The van der Waals surface area contributed by atoms with Crippen molar-refractivity contribution in [1.82, 2.24) is 15.4 Å². The summed E-state index contributed by atoms with van der Waals surface area (Å²) in [7, 11) is 0.